The fraction of sp³-hybridized carbons (Fsp3) is 0.393. The molecule has 1 N–H and O–H groups in total. The largest absolute Gasteiger partial charge is 0.452 e. The van der Waals surface area contributed by atoms with Crippen molar-refractivity contribution in [3.63, 3.8) is 0 Å². The Morgan fingerprint density at radius 1 is 1.03 bits per heavy atom. The summed E-state index contributed by atoms with van der Waals surface area (Å²) in [5.74, 6) is -0.658. The molecule has 0 radical (unpaired) electrons. The first-order chi connectivity index (χ1) is 16.7. The lowest BCUT2D eigenvalue weighted by molar-refractivity contribution is -0.125. The van der Waals surface area contributed by atoms with Crippen molar-refractivity contribution >= 4 is 45.8 Å². The van der Waals surface area contributed by atoms with E-state index in [0.717, 1.165) is 72.7 Å². The van der Waals surface area contributed by atoms with Crippen molar-refractivity contribution in [1.82, 2.24) is 10.3 Å². The summed E-state index contributed by atoms with van der Waals surface area (Å²) in [6.07, 6.45) is 11.6. The number of pyridine rings is 1. The van der Waals surface area contributed by atoms with Gasteiger partial charge in [-0.3, -0.25) is 4.79 Å². The standard InChI is InChI=1S/C28H30N2O3S/c31-25(29-20-10-3-1-2-4-11-20)18-33-28(32)26-22-13-5-6-15-24(22)30-27-19(9-7-14-23(26)27)17-21-12-8-16-34-21/h5-6,8,12-13,15-17,20H,1-4,7,9-11,14,18H2,(H,29,31). The Balaban J connectivity index is 1.41. The van der Waals surface area contributed by atoms with Gasteiger partial charge in [0.05, 0.1) is 16.8 Å². The van der Waals surface area contributed by atoms with Gasteiger partial charge in [-0.05, 0) is 66.8 Å². The zero-order valence-corrected chi connectivity index (χ0v) is 20.2. The number of allylic oxidation sites excluding steroid dienone is 1. The van der Waals surface area contributed by atoms with E-state index in [2.05, 4.69) is 22.8 Å². The maximum absolute atomic E-state index is 13.4. The van der Waals surface area contributed by atoms with Crippen LogP contribution in [0.1, 0.15) is 77.9 Å². The Bertz CT molecular complexity index is 1210. The third-order valence-corrected chi connectivity index (χ3v) is 7.61. The molecule has 5 rings (SSSR count). The molecule has 0 bridgehead atoms. The number of hydrogen-bond acceptors (Lipinski definition) is 5. The molecule has 1 aromatic carbocycles. The van der Waals surface area contributed by atoms with Gasteiger partial charge in [-0.2, -0.15) is 0 Å². The Morgan fingerprint density at radius 3 is 2.65 bits per heavy atom. The smallest absolute Gasteiger partial charge is 0.339 e. The van der Waals surface area contributed by atoms with Gasteiger partial charge in [0, 0.05) is 16.3 Å². The van der Waals surface area contributed by atoms with E-state index in [4.69, 9.17) is 9.72 Å². The lowest BCUT2D eigenvalue weighted by Crippen LogP contribution is -2.37. The Labute approximate surface area is 204 Å². The Kier molecular flexibility index (Phi) is 7.05. The van der Waals surface area contributed by atoms with Crippen LogP contribution in [0, 0.1) is 0 Å². The zero-order valence-electron chi connectivity index (χ0n) is 19.3. The van der Waals surface area contributed by atoms with Gasteiger partial charge in [0.25, 0.3) is 5.91 Å². The van der Waals surface area contributed by atoms with Crippen molar-refractivity contribution in [3.05, 3.63) is 63.5 Å². The van der Waals surface area contributed by atoms with Crippen LogP contribution in [0.15, 0.2) is 41.8 Å². The minimum absolute atomic E-state index is 0.188. The predicted molar refractivity (Wildman–Crippen MR) is 137 cm³/mol. The third kappa shape index (κ3) is 5.07. The number of amides is 1. The first-order valence-corrected chi connectivity index (χ1v) is 13.2. The number of rotatable bonds is 5. The van der Waals surface area contributed by atoms with Crippen molar-refractivity contribution < 1.29 is 14.3 Å². The summed E-state index contributed by atoms with van der Waals surface area (Å²) in [6.45, 7) is -0.251. The highest BCUT2D eigenvalue weighted by Gasteiger charge is 2.26. The van der Waals surface area contributed by atoms with E-state index in [-0.39, 0.29) is 18.6 Å². The number of carbonyl (C=O) groups is 2. The van der Waals surface area contributed by atoms with E-state index >= 15 is 0 Å². The summed E-state index contributed by atoms with van der Waals surface area (Å²) in [6, 6.07) is 12.0. The number of benzene rings is 1. The van der Waals surface area contributed by atoms with Crippen LogP contribution in [0.5, 0.6) is 0 Å². The van der Waals surface area contributed by atoms with Crippen LogP contribution in [-0.2, 0) is 16.0 Å². The van der Waals surface area contributed by atoms with Crippen LogP contribution in [0.25, 0.3) is 22.6 Å². The summed E-state index contributed by atoms with van der Waals surface area (Å²) in [5.41, 5.74) is 4.29. The summed E-state index contributed by atoms with van der Waals surface area (Å²) in [7, 11) is 0. The summed E-state index contributed by atoms with van der Waals surface area (Å²) in [5, 5.41) is 5.91. The van der Waals surface area contributed by atoms with E-state index in [9.17, 15) is 9.59 Å². The molecule has 1 amide bonds. The molecular formula is C28H30N2O3S. The van der Waals surface area contributed by atoms with Crippen molar-refractivity contribution in [2.24, 2.45) is 0 Å². The highest BCUT2D eigenvalue weighted by atomic mass is 32.1. The molecule has 6 heteroatoms. The molecule has 0 atom stereocenters. The molecule has 2 aliphatic carbocycles. The Hall–Kier alpha value is -2.99. The first kappa shape index (κ1) is 22.8. The third-order valence-electron chi connectivity index (χ3n) is 6.79. The number of thiophene rings is 1. The van der Waals surface area contributed by atoms with E-state index in [0.29, 0.717) is 5.56 Å². The number of nitrogens with zero attached hydrogens (tertiary/aromatic N) is 1. The molecule has 5 nitrogen and oxygen atoms in total. The van der Waals surface area contributed by atoms with Crippen molar-refractivity contribution in [2.75, 3.05) is 6.61 Å². The quantitative estimate of drug-likeness (QED) is 0.355. The topological polar surface area (TPSA) is 68.3 Å². The maximum Gasteiger partial charge on any atom is 0.339 e. The van der Waals surface area contributed by atoms with Gasteiger partial charge >= 0.3 is 5.97 Å². The molecule has 2 aromatic heterocycles. The fourth-order valence-electron chi connectivity index (χ4n) is 5.15. The SMILES string of the molecule is O=C(COC(=O)c1c2c(nc3ccccc13)C(=Cc1cccs1)CCC2)NC1CCCCCC1. The zero-order chi connectivity index (χ0) is 23.3. The normalized spacial score (nSPS) is 17.8. The van der Waals surface area contributed by atoms with Crippen LogP contribution in [0.2, 0.25) is 0 Å². The lowest BCUT2D eigenvalue weighted by atomic mass is 9.86. The number of fused-ring (bicyclic) bond motifs is 2. The molecule has 0 unspecified atom stereocenters. The summed E-state index contributed by atoms with van der Waals surface area (Å²) >= 11 is 1.69. The molecule has 0 saturated heterocycles. The number of nitrogens with one attached hydrogen (secondary N) is 1. The molecule has 34 heavy (non-hydrogen) atoms. The monoisotopic (exact) mass is 474 g/mol. The number of aromatic nitrogens is 1. The van der Waals surface area contributed by atoms with E-state index in [1.807, 2.05) is 30.3 Å². The fourth-order valence-corrected chi connectivity index (χ4v) is 5.83. The van der Waals surface area contributed by atoms with Crippen LogP contribution in [-0.4, -0.2) is 29.5 Å². The molecule has 0 spiro atoms. The maximum atomic E-state index is 13.4. The highest BCUT2D eigenvalue weighted by molar-refractivity contribution is 7.10. The van der Waals surface area contributed by atoms with E-state index in [1.165, 1.54) is 17.7 Å². The van der Waals surface area contributed by atoms with Gasteiger partial charge in [0.15, 0.2) is 6.61 Å². The second-order valence-electron chi connectivity index (χ2n) is 9.20. The summed E-state index contributed by atoms with van der Waals surface area (Å²) in [4.78, 5) is 32.0. The van der Waals surface area contributed by atoms with Gasteiger partial charge in [-0.25, -0.2) is 9.78 Å². The molecule has 2 heterocycles. The average molecular weight is 475 g/mol. The second-order valence-corrected chi connectivity index (χ2v) is 10.2. The van der Waals surface area contributed by atoms with Crippen molar-refractivity contribution in [1.29, 1.82) is 0 Å². The minimum atomic E-state index is -0.441. The van der Waals surface area contributed by atoms with E-state index in [1.54, 1.807) is 11.3 Å². The Morgan fingerprint density at radius 2 is 1.85 bits per heavy atom. The number of carbonyl (C=O) groups excluding carboxylic acids is 2. The van der Waals surface area contributed by atoms with Gasteiger partial charge in [0.2, 0.25) is 0 Å². The molecular weight excluding hydrogens is 444 g/mol. The van der Waals surface area contributed by atoms with Gasteiger partial charge < -0.3 is 10.1 Å². The van der Waals surface area contributed by atoms with Crippen molar-refractivity contribution in [3.8, 4) is 0 Å². The number of ether oxygens (including phenoxy) is 1. The second kappa shape index (κ2) is 10.5. The van der Waals surface area contributed by atoms with Crippen LogP contribution >= 0.6 is 11.3 Å². The number of esters is 1. The molecule has 1 fully saturated rings. The summed E-state index contributed by atoms with van der Waals surface area (Å²) < 4.78 is 5.58. The minimum Gasteiger partial charge on any atom is -0.452 e. The van der Waals surface area contributed by atoms with Gasteiger partial charge in [0.1, 0.15) is 0 Å². The molecule has 2 aliphatic rings. The van der Waals surface area contributed by atoms with Crippen molar-refractivity contribution in [2.45, 2.75) is 63.8 Å². The predicted octanol–water partition coefficient (Wildman–Crippen LogP) is 6.17. The van der Waals surface area contributed by atoms with Gasteiger partial charge in [-0.15, -0.1) is 11.3 Å². The number of para-hydroxylation sites is 1. The molecule has 176 valence electrons. The molecule has 1 saturated carbocycles. The average Bonchev–Trinajstić information content (AvgIpc) is 3.23. The first-order valence-electron chi connectivity index (χ1n) is 12.3. The highest BCUT2D eigenvalue weighted by Crippen LogP contribution is 2.36. The molecule has 3 aromatic rings. The van der Waals surface area contributed by atoms with Crippen LogP contribution < -0.4 is 5.32 Å². The van der Waals surface area contributed by atoms with Crippen LogP contribution in [0.3, 0.4) is 0 Å². The molecule has 0 aliphatic heterocycles. The van der Waals surface area contributed by atoms with Crippen LogP contribution in [0.4, 0.5) is 0 Å². The lowest BCUT2D eigenvalue weighted by Gasteiger charge is -2.22. The number of hydrogen-bond donors (Lipinski definition) is 1. The van der Waals surface area contributed by atoms with E-state index < -0.39 is 5.97 Å². The van der Waals surface area contributed by atoms with Gasteiger partial charge in [-0.1, -0.05) is 49.9 Å².